The Kier molecular flexibility index (Phi) is 6.06. The number of carbonyl (C=O) groups excluding carboxylic acids is 3. The lowest BCUT2D eigenvalue weighted by Gasteiger charge is -2.67. The Morgan fingerprint density at radius 1 is 0.857 bits per heavy atom. The maximum Gasteiger partial charge on any atom is 0.305 e. The Balaban J connectivity index is 1.79. The van der Waals surface area contributed by atoms with Gasteiger partial charge in [0.2, 0.25) is 5.91 Å². The Morgan fingerprint density at radius 3 is 1.79 bits per heavy atom. The molecule has 1 N–H and O–H groups in total. The van der Waals surface area contributed by atoms with Crippen molar-refractivity contribution in [1.82, 2.24) is 5.32 Å². The van der Waals surface area contributed by atoms with Gasteiger partial charge in [-0.2, -0.15) is 0 Å². The second-order valence-electron chi connectivity index (χ2n) is 9.58. The third kappa shape index (κ3) is 4.52. The summed E-state index contributed by atoms with van der Waals surface area (Å²) < 4.78 is 10.3. The molecule has 4 bridgehead atoms. The maximum absolute atomic E-state index is 12.0. The Hall–Kier alpha value is -1.59. The van der Waals surface area contributed by atoms with Crippen LogP contribution < -0.4 is 5.32 Å². The first-order chi connectivity index (χ1) is 13.2. The number of esters is 2. The lowest BCUT2D eigenvalue weighted by molar-refractivity contribution is -0.161. The second kappa shape index (κ2) is 8.03. The molecule has 0 saturated heterocycles. The van der Waals surface area contributed by atoms with Gasteiger partial charge in [0.15, 0.2) is 0 Å². The molecule has 4 rings (SSSR count). The average molecular weight is 394 g/mol. The van der Waals surface area contributed by atoms with Crippen LogP contribution in [0.5, 0.6) is 0 Å². The van der Waals surface area contributed by atoms with E-state index in [0.29, 0.717) is 32.0 Å². The van der Waals surface area contributed by atoms with Crippen LogP contribution in [0.25, 0.3) is 0 Å². The largest absolute Gasteiger partial charge is 0.466 e. The highest BCUT2D eigenvalue weighted by molar-refractivity contribution is 5.74. The van der Waals surface area contributed by atoms with Crippen LogP contribution in [-0.2, 0) is 23.9 Å². The predicted molar refractivity (Wildman–Crippen MR) is 104 cm³/mol. The molecule has 6 nitrogen and oxygen atoms in total. The van der Waals surface area contributed by atoms with Crippen molar-refractivity contribution < 1.29 is 23.9 Å². The van der Waals surface area contributed by atoms with Gasteiger partial charge in [0, 0.05) is 25.3 Å². The molecular weight excluding hydrogens is 358 g/mol. The highest BCUT2D eigenvalue weighted by Crippen LogP contribution is 2.69. The van der Waals surface area contributed by atoms with Crippen LogP contribution in [0.2, 0.25) is 0 Å². The van der Waals surface area contributed by atoms with Crippen molar-refractivity contribution in [2.45, 2.75) is 90.5 Å². The number of rotatable bonds is 9. The number of hydrogen-bond acceptors (Lipinski definition) is 5. The van der Waals surface area contributed by atoms with Crippen molar-refractivity contribution in [3.8, 4) is 0 Å². The molecule has 0 aromatic carbocycles. The van der Waals surface area contributed by atoms with Crippen molar-refractivity contribution in [2.24, 2.45) is 16.7 Å². The van der Waals surface area contributed by atoms with E-state index in [1.807, 2.05) is 13.8 Å². The monoisotopic (exact) mass is 393 g/mol. The number of hydrogen-bond donors (Lipinski definition) is 1. The first-order valence-corrected chi connectivity index (χ1v) is 10.8. The predicted octanol–water partition coefficient (Wildman–Crippen LogP) is 3.52. The van der Waals surface area contributed by atoms with Crippen LogP contribution in [-0.4, -0.2) is 36.6 Å². The summed E-state index contributed by atoms with van der Waals surface area (Å²) in [5, 5.41) is 3.29. The number of nitrogens with one attached hydrogen (secondary N) is 1. The molecule has 2 unspecified atom stereocenters. The van der Waals surface area contributed by atoms with E-state index < -0.39 is 0 Å². The summed E-state index contributed by atoms with van der Waals surface area (Å²) in [6, 6.07) is 0. The van der Waals surface area contributed by atoms with Crippen molar-refractivity contribution in [3.63, 3.8) is 0 Å². The van der Waals surface area contributed by atoms with Crippen LogP contribution in [0.15, 0.2) is 0 Å². The van der Waals surface area contributed by atoms with Crippen LogP contribution in [0.4, 0.5) is 0 Å². The average Bonchev–Trinajstić information content (AvgIpc) is 2.57. The third-order valence-corrected chi connectivity index (χ3v) is 7.07. The van der Waals surface area contributed by atoms with E-state index >= 15 is 0 Å². The van der Waals surface area contributed by atoms with Crippen molar-refractivity contribution in [1.29, 1.82) is 0 Å². The molecule has 4 aliphatic rings. The quantitative estimate of drug-likeness (QED) is 0.606. The topological polar surface area (TPSA) is 81.7 Å². The van der Waals surface area contributed by atoms with Gasteiger partial charge < -0.3 is 14.8 Å². The molecule has 0 aromatic heterocycles. The molecule has 1 amide bonds. The van der Waals surface area contributed by atoms with Gasteiger partial charge in [0.05, 0.1) is 13.2 Å². The minimum absolute atomic E-state index is 0.0167. The molecule has 6 heteroatoms. The molecule has 0 aromatic rings. The summed E-state index contributed by atoms with van der Waals surface area (Å²) in [5.74, 6) is 0.301. The molecule has 4 saturated carbocycles. The molecule has 0 aliphatic heterocycles. The normalized spacial score (nSPS) is 35.5. The number of amides is 1. The zero-order valence-electron chi connectivity index (χ0n) is 17.6. The van der Waals surface area contributed by atoms with Crippen molar-refractivity contribution in [3.05, 3.63) is 0 Å². The standard InChI is InChI=1S/C22H35NO5/c1-4-27-18(25)6-8-20-10-17-11-21(13-20,9-7-19(26)28-5-2)15-22(12-17,14-20)23-16(3)24/h17H,4-15H2,1-3H3,(H,23,24). The first kappa shape index (κ1) is 21.1. The highest BCUT2D eigenvalue weighted by Gasteiger charge is 2.63. The second-order valence-corrected chi connectivity index (χ2v) is 9.58. The fourth-order valence-electron chi connectivity index (χ4n) is 7.12. The fraction of sp³-hybridized carbons (Fsp3) is 0.864. The lowest BCUT2D eigenvalue weighted by Crippen LogP contribution is -2.66. The van der Waals surface area contributed by atoms with Gasteiger partial charge in [0.25, 0.3) is 0 Å². The smallest absolute Gasteiger partial charge is 0.305 e. The number of carbonyl (C=O) groups is 3. The third-order valence-electron chi connectivity index (χ3n) is 7.07. The highest BCUT2D eigenvalue weighted by atomic mass is 16.5. The van der Waals surface area contributed by atoms with E-state index in [1.54, 1.807) is 6.92 Å². The minimum Gasteiger partial charge on any atom is -0.466 e. The summed E-state index contributed by atoms with van der Waals surface area (Å²) in [4.78, 5) is 36.0. The van der Waals surface area contributed by atoms with E-state index in [0.717, 1.165) is 51.4 Å². The van der Waals surface area contributed by atoms with E-state index in [-0.39, 0.29) is 34.2 Å². The Morgan fingerprint density at radius 2 is 1.36 bits per heavy atom. The molecule has 4 fully saturated rings. The molecule has 4 aliphatic carbocycles. The molecular formula is C22H35NO5. The summed E-state index contributed by atoms with van der Waals surface area (Å²) in [6.07, 6.45) is 8.67. The van der Waals surface area contributed by atoms with Crippen LogP contribution >= 0.6 is 0 Å². The molecule has 0 spiro atoms. The molecule has 2 atom stereocenters. The Bertz CT molecular complexity index is 592. The summed E-state index contributed by atoms with van der Waals surface area (Å²) >= 11 is 0. The van der Waals surface area contributed by atoms with E-state index in [4.69, 9.17) is 9.47 Å². The van der Waals surface area contributed by atoms with Gasteiger partial charge in [0.1, 0.15) is 0 Å². The molecule has 0 heterocycles. The van der Waals surface area contributed by atoms with E-state index in [9.17, 15) is 14.4 Å². The Labute approximate surface area is 168 Å². The van der Waals surface area contributed by atoms with Gasteiger partial charge in [-0.25, -0.2) is 0 Å². The van der Waals surface area contributed by atoms with Gasteiger partial charge >= 0.3 is 11.9 Å². The minimum atomic E-state index is -0.186. The van der Waals surface area contributed by atoms with Crippen LogP contribution in [0.3, 0.4) is 0 Å². The van der Waals surface area contributed by atoms with E-state index in [1.165, 1.54) is 0 Å². The van der Waals surface area contributed by atoms with Gasteiger partial charge in [-0.05, 0) is 82.0 Å². The molecule has 0 radical (unpaired) electrons. The van der Waals surface area contributed by atoms with Crippen molar-refractivity contribution in [2.75, 3.05) is 13.2 Å². The zero-order valence-corrected chi connectivity index (χ0v) is 17.6. The molecule has 158 valence electrons. The van der Waals surface area contributed by atoms with Gasteiger partial charge in [-0.3, -0.25) is 14.4 Å². The number of ether oxygens (including phenoxy) is 2. The van der Waals surface area contributed by atoms with Gasteiger partial charge in [-0.15, -0.1) is 0 Å². The maximum atomic E-state index is 12.0. The lowest BCUT2D eigenvalue weighted by atomic mass is 9.40. The fourth-order valence-corrected chi connectivity index (χ4v) is 7.12. The first-order valence-electron chi connectivity index (χ1n) is 10.8. The van der Waals surface area contributed by atoms with E-state index in [2.05, 4.69) is 5.32 Å². The molecule has 28 heavy (non-hydrogen) atoms. The summed E-state index contributed by atoms with van der Waals surface area (Å²) in [6.45, 7) is 6.08. The zero-order chi connectivity index (χ0) is 20.4. The summed E-state index contributed by atoms with van der Waals surface area (Å²) in [7, 11) is 0. The van der Waals surface area contributed by atoms with Gasteiger partial charge in [-0.1, -0.05) is 0 Å². The van der Waals surface area contributed by atoms with Crippen molar-refractivity contribution >= 4 is 17.8 Å². The van der Waals surface area contributed by atoms with Crippen LogP contribution in [0, 0.1) is 16.7 Å². The SMILES string of the molecule is CCOC(=O)CCC12CC3CC(CCC(=O)OCC)(C1)CC(NC(C)=O)(C3)C2. The summed E-state index contributed by atoms with van der Waals surface area (Å²) in [5.41, 5.74) is -0.0683. The van der Waals surface area contributed by atoms with Crippen LogP contribution in [0.1, 0.15) is 85.0 Å².